The van der Waals surface area contributed by atoms with Crippen LogP contribution in [0.15, 0.2) is 60.7 Å². The third-order valence-corrected chi connectivity index (χ3v) is 7.92. The van der Waals surface area contributed by atoms with E-state index in [9.17, 15) is 14.4 Å². The van der Waals surface area contributed by atoms with Crippen LogP contribution >= 0.6 is 0 Å². The Bertz CT molecular complexity index is 1640. The van der Waals surface area contributed by atoms with Gasteiger partial charge >= 0.3 is 6.03 Å². The maximum Gasteiger partial charge on any atom is 0.332 e. The van der Waals surface area contributed by atoms with Crippen LogP contribution in [0.4, 0.5) is 16.2 Å². The van der Waals surface area contributed by atoms with Crippen molar-refractivity contribution >= 4 is 40.1 Å². The highest BCUT2D eigenvalue weighted by molar-refractivity contribution is 6.23. The minimum absolute atomic E-state index is 0.263. The zero-order chi connectivity index (χ0) is 26.8. The van der Waals surface area contributed by atoms with Gasteiger partial charge in [0.15, 0.2) is 5.54 Å². The van der Waals surface area contributed by atoms with Crippen molar-refractivity contribution in [1.82, 2.24) is 9.88 Å². The number of hydrogen-bond donors (Lipinski definition) is 2. The summed E-state index contributed by atoms with van der Waals surface area (Å²) in [5.41, 5.74) is 5.31. The average molecular weight is 509 g/mol. The molecule has 3 heterocycles. The molecule has 4 amide bonds. The molecular weight excluding hydrogens is 480 g/mol. The van der Waals surface area contributed by atoms with Crippen LogP contribution in [0.1, 0.15) is 39.7 Å². The number of fused-ring (bicyclic) bond motifs is 5. The Morgan fingerprint density at radius 2 is 1.76 bits per heavy atom. The van der Waals surface area contributed by atoms with Crippen molar-refractivity contribution < 1.29 is 19.1 Å². The van der Waals surface area contributed by atoms with Crippen LogP contribution in [0, 0.1) is 13.8 Å². The van der Waals surface area contributed by atoms with Gasteiger partial charge in [-0.15, -0.1) is 0 Å². The van der Waals surface area contributed by atoms with Gasteiger partial charge < -0.3 is 19.9 Å². The summed E-state index contributed by atoms with van der Waals surface area (Å²) in [6.45, 7) is 6.23. The van der Waals surface area contributed by atoms with E-state index in [1.807, 2.05) is 50.2 Å². The second kappa shape index (κ2) is 8.48. The monoisotopic (exact) mass is 508 g/mol. The quantitative estimate of drug-likeness (QED) is 0.367. The van der Waals surface area contributed by atoms with Gasteiger partial charge in [-0.2, -0.15) is 0 Å². The lowest BCUT2D eigenvalue weighted by atomic mass is 9.87. The highest BCUT2D eigenvalue weighted by Crippen LogP contribution is 2.45. The van der Waals surface area contributed by atoms with Crippen LogP contribution in [-0.2, 0) is 16.8 Å². The number of urea groups is 1. The number of nitrogens with zero attached hydrogens (tertiary/aromatic N) is 2. The van der Waals surface area contributed by atoms with Gasteiger partial charge in [0.25, 0.3) is 11.8 Å². The van der Waals surface area contributed by atoms with Gasteiger partial charge in [0.2, 0.25) is 0 Å². The van der Waals surface area contributed by atoms with Gasteiger partial charge in [-0.1, -0.05) is 6.07 Å². The first-order chi connectivity index (χ1) is 18.2. The molecule has 0 saturated carbocycles. The summed E-state index contributed by atoms with van der Waals surface area (Å²) in [4.78, 5) is 46.5. The number of benzene rings is 3. The third-order valence-electron chi connectivity index (χ3n) is 7.92. The fourth-order valence-electron chi connectivity index (χ4n) is 5.56. The lowest BCUT2D eigenvalue weighted by Gasteiger charge is -2.35. The number of methoxy groups -OCH3 is 1. The van der Waals surface area contributed by atoms with Crippen LogP contribution in [-0.4, -0.2) is 41.4 Å². The van der Waals surface area contributed by atoms with E-state index < -0.39 is 5.54 Å². The summed E-state index contributed by atoms with van der Waals surface area (Å²) < 4.78 is 5.39. The first-order valence-corrected chi connectivity index (χ1v) is 12.6. The van der Waals surface area contributed by atoms with Crippen LogP contribution in [0.3, 0.4) is 0 Å². The molecule has 0 bridgehead atoms. The molecule has 8 heteroatoms. The Kier molecular flexibility index (Phi) is 5.31. The second-order valence-electron chi connectivity index (χ2n) is 10.1. The zero-order valence-electron chi connectivity index (χ0n) is 21.7. The summed E-state index contributed by atoms with van der Waals surface area (Å²) in [5.74, 6) is 0.152. The van der Waals surface area contributed by atoms with E-state index in [1.165, 1.54) is 4.90 Å². The van der Waals surface area contributed by atoms with E-state index in [0.29, 0.717) is 29.9 Å². The number of H-pyrrole nitrogens is 1. The number of carbonyl (C=O) groups excluding carboxylic acids is 3. The smallest absolute Gasteiger partial charge is 0.332 e. The van der Waals surface area contributed by atoms with Crippen molar-refractivity contribution in [3.8, 4) is 5.75 Å². The molecule has 38 heavy (non-hydrogen) atoms. The number of hydrogen-bond acceptors (Lipinski definition) is 4. The SMILES string of the molecule is COc1ccc2[nH]c3c(c2c1)CCN1C(=O)N(c2ccc(C(=O)Nc4ccc(C)c(C)c4)cc2)C(=O)[C@]31C. The number of ether oxygens (including phenoxy) is 1. The predicted octanol–water partition coefficient (Wildman–Crippen LogP) is 5.29. The first-order valence-electron chi connectivity index (χ1n) is 12.6. The Labute approximate surface area is 220 Å². The minimum Gasteiger partial charge on any atom is -0.497 e. The van der Waals surface area contributed by atoms with Crippen molar-refractivity contribution in [2.75, 3.05) is 23.9 Å². The molecule has 192 valence electrons. The van der Waals surface area contributed by atoms with Crippen LogP contribution in [0.5, 0.6) is 5.75 Å². The van der Waals surface area contributed by atoms with Crippen molar-refractivity contribution in [2.45, 2.75) is 32.7 Å². The van der Waals surface area contributed by atoms with E-state index >= 15 is 0 Å². The van der Waals surface area contributed by atoms with E-state index in [-0.39, 0.29) is 17.8 Å². The predicted molar refractivity (Wildman–Crippen MR) is 146 cm³/mol. The van der Waals surface area contributed by atoms with E-state index in [4.69, 9.17) is 4.74 Å². The number of carbonyl (C=O) groups is 3. The lowest BCUT2D eigenvalue weighted by Crippen LogP contribution is -2.49. The molecule has 0 unspecified atom stereocenters. The van der Waals surface area contributed by atoms with E-state index in [1.54, 1.807) is 43.2 Å². The summed E-state index contributed by atoms with van der Waals surface area (Å²) in [6.07, 6.45) is 0.628. The molecule has 6 rings (SSSR count). The molecule has 2 aliphatic rings. The van der Waals surface area contributed by atoms with Crippen LogP contribution < -0.4 is 15.0 Å². The molecular formula is C30H28N4O4. The molecule has 0 aliphatic carbocycles. The molecule has 2 aliphatic heterocycles. The van der Waals surface area contributed by atoms with Gasteiger partial charge in [0, 0.05) is 28.7 Å². The lowest BCUT2D eigenvalue weighted by molar-refractivity contribution is -0.125. The number of aryl methyl sites for hydroxylation is 2. The topological polar surface area (TPSA) is 94.7 Å². The number of anilines is 2. The van der Waals surface area contributed by atoms with E-state index in [0.717, 1.165) is 39.0 Å². The van der Waals surface area contributed by atoms with Crippen molar-refractivity contribution in [3.63, 3.8) is 0 Å². The number of amides is 4. The molecule has 0 radical (unpaired) electrons. The zero-order valence-corrected chi connectivity index (χ0v) is 21.7. The molecule has 2 N–H and O–H groups in total. The molecule has 3 aromatic carbocycles. The minimum atomic E-state index is -1.16. The van der Waals surface area contributed by atoms with Gasteiger partial charge in [-0.05, 0) is 98.5 Å². The third kappa shape index (κ3) is 3.40. The Hall–Kier alpha value is -4.59. The van der Waals surface area contributed by atoms with Gasteiger partial charge in [0.05, 0.1) is 18.5 Å². The molecule has 1 saturated heterocycles. The molecule has 0 spiro atoms. The van der Waals surface area contributed by atoms with Crippen molar-refractivity contribution in [3.05, 3.63) is 88.6 Å². The average Bonchev–Trinajstić information content (AvgIpc) is 3.39. The first kappa shape index (κ1) is 23.8. The molecule has 4 aromatic rings. The maximum atomic E-state index is 13.9. The Balaban J connectivity index is 1.30. The summed E-state index contributed by atoms with van der Waals surface area (Å²) in [5, 5.41) is 3.90. The molecule has 1 atom stereocenters. The number of imide groups is 1. The van der Waals surface area contributed by atoms with Crippen molar-refractivity contribution in [2.24, 2.45) is 0 Å². The fraction of sp³-hybridized carbons (Fsp3) is 0.233. The number of nitrogens with one attached hydrogen (secondary N) is 2. The van der Waals surface area contributed by atoms with Crippen molar-refractivity contribution in [1.29, 1.82) is 0 Å². The fourth-order valence-corrected chi connectivity index (χ4v) is 5.56. The van der Waals surface area contributed by atoms with Crippen LogP contribution in [0.25, 0.3) is 10.9 Å². The molecule has 1 fully saturated rings. The number of aromatic amines is 1. The summed E-state index contributed by atoms with van der Waals surface area (Å²) in [7, 11) is 1.62. The second-order valence-corrected chi connectivity index (χ2v) is 10.1. The highest BCUT2D eigenvalue weighted by Gasteiger charge is 2.59. The van der Waals surface area contributed by atoms with Crippen LogP contribution in [0.2, 0.25) is 0 Å². The number of aromatic nitrogens is 1. The summed E-state index contributed by atoms with van der Waals surface area (Å²) >= 11 is 0. The van der Waals surface area contributed by atoms with Gasteiger partial charge in [-0.3, -0.25) is 9.59 Å². The Morgan fingerprint density at radius 3 is 2.47 bits per heavy atom. The molecule has 1 aromatic heterocycles. The van der Waals surface area contributed by atoms with Gasteiger partial charge in [-0.25, -0.2) is 9.69 Å². The van der Waals surface area contributed by atoms with E-state index in [2.05, 4.69) is 10.3 Å². The largest absolute Gasteiger partial charge is 0.497 e. The number of rotatable bonds is 4. The Morgan fingerprint density at radius 1 is 1.00 bits per heavy atom. The maximum absolute atomic E-state index is 13.9. The standard InChI is InChI=1S/C30H28N4O4/c1-17-5-8-20(15-18(17)2)31-27(35)19-6-9-21(10-7-19)34-28(36)30(3)26-23(13-14-33(30)29(34)37)24-16-22(38-4)11-12-25(24)32-26/h5-12,15-16,32H,13-14H2,1-4H3,(H,31,35)/t30-/m0/s1. The highest BCUT2D eigenvalue weighted by atomic mass is 16.5. The summed E-state index contributed by atoms with van der Waals surface area (Å²) in [6, 6.07) is 17.7. The van der Waals surface area contributed by atoms with Gasteiger partial charge in [0.1, 0.15) is 5.75 Å². The molecule has 8 nitrogen and oxygen atoms in total. The normalized spacial score (nSPS) is 18.5.